The number of hydrogen-bond donors (Lipinski definition) is 0. The zero-order valence-electron chi connectivity index (χ0n) is 16.3. The average molecular weight is 385 g/mol. The van der Waals surface area contributed by atoms with E-state index >= 15 is 0 Å². The molecule has 1 aliphatic carbocycles. The van der Waals surface area contributed by atoms with Crippen molar-refractivity contribution < 1.29 is 4.92 Å². The normalized spacial score (nSPS) is 19.3. The minimum Gasteiger partial charge on any atom is -0.299 e. The molecule has 0 unspecified atom stereocenters. The monoisotopic (exact) mass is 385 g/mol. The Labute approximate surface area is 163 Å². The molecule has 2 aromatic rings. The molecule has 150 valence electrons. The number of rotatable bonds is 5. The Morgan fingerprint density at radius 3 is 2.57 bits per heavy atom. The Bertz CT molecular complexity index is 905. The zero-order valence-corrected chi connectivity index (χ0v) is 16.3. The van der Waals surface area contributed by atoms with Crippen molar-refractivity contribution in [2.24, 2.45) is 7.05 Å². The van der Waals surface area contributed by atoms with Crippen LogP contribution in [0.25, 0.3) is 0 Å². The highest BCUT2D eigenvalue weighted by atomic mass is 16.6. The van der Waals surface area contributed by atoms with Gasteiger partial charge in [-0.3, -0.25) is 19.6 Å². The van der Waals surface area contributed by atoms with Crippen molar-refractivity contribution in [1.82, 2.24) is 19.2 Å². The first kappa shape index (κ1) is 18.9. The highest BCUT2D eigenvalue weighted by Crippen LogP contribution is 2.33. The van der Waals surface area contributed by atoms with E-state index in [9.17, 15) is 14.9 Å². The lowest BCUT2D eigenvalue weighted by Crippen LogP contribution is -2.34. The van der Waals surface area contributed by atoms with Crippen molar-refractivity contribution in [2.75, 3.05) is 13.1 Å². The predicted octanol–water partition coefficient (Wildman–Crippen LogP) is 2.98. The summed E-state index contributed by atoms with van der Waals surface area (Å²) in [5.41, 5.74) is 1.12. The van der Waals surface area contributed by atoms with Crippen LogP contribution in [0.5, 0.6) is 0 Å². The Morgan fingerprint density at radius 1 is 1.18 bits per heavy atom. The summed E-state index contributed by atoms with van der Waals surface area (Å²) >= 11 is 0. The van der Waals surface area contributed by atoms with Crippen molar-refractivity contribution in [1.29, 1.82) is 0 Å². The quantitative estimate of drug-likeness (QED) is 0.583. The van der Waals surface area contributed by atoms with E-state index in [2.05, 4.69) is 10.00 Å². The van der Waals surface area contributed by atoms with Gasteiger partial charge in [-0.25, -0.2) is 9.48 Å². The van der Waals surface area contributed by atoms with Crippen LogP contribution in [0.4, 0.5) is 5.69 Å². The molecule has 1 saturated carbocycles. The van der Waals surface area contributed by atoms with Crippen LogP contribution in [0.3, 0.4) is 0 Å². The van der Waals surface area contributed by atoms with E-state index in [0.717, 1.165) is 50.2 Å². The van der Waals surface area contributed by atoms with Gasteiger partial charge in [0.05, 0.1) is 4.92 Å². The van der Waals surface area contributed by atoms with Gasteiger partial charge in [0.15, 0.2) is 0 Å². The Kier molecular flexibility index (Phi) is 5.30. The zero-order chi connectivity index (χ0) is 19.7. The van der Waals surface area contributed by atoms with Crippen molar-refractivity contribution >= 4 is 5.69 Å². The second kappa shape index (κ2) is 7.87. The van der Waals surface area contributed by atoms with Gasteiger partial charge in [0.2, 0.25) is 0 Å². The fourth-order valence-corrected chi connectivity index (χ4v) is 4.66. The first-order valence-electron chi connectivity index (χ1n) is 10.1. The molecule has 1 aromatic heterocycles. The molecule has 2 aliphatic rings. The number of nitrogens with zero attached hydrogens (tertiary/aromatic N) is 5. The van der Waals surface area contributed by atoms with E-state index in [4.69, 9.17) is 0 Å². The molecule has 2 heterocycles. The number of likely N-dealkylation sites (tertiary alicyclic amines) is 1. The van der Waals surface area contributed by atoms with Gasteiger partial charge >= 0.3 is 5.69 Å². The first-order valence-corrected chi connectivity index (χ1v) is 10.1. The maximum absolute atomic E-state index is 12.6. The molecule has 4 rings (SSSR count). The maximum atomic E-state index is 12.6. The van der Waals surface area contributed by atoms with Gasteiger partial charge < -0.3 is 0 Å². The van der Waals surface area contributed by atoms with E-state index in [1.807, 2.05) is 10.6 Å². The van der Waals surface area contributed by atoms with Crippen LogP contribution in [0.15, 0.2) is 29.1 Å². The van der Waals surface area contributed by atoms with Crippen LogP contribution in [0.1, 0.15) is 61.9 Å². The average Bonchev–Trinajstić information content (AvgIpc) is 3.31. The molecule has 1 aliphatic heterocycles. The number of benzene rings is 1. The molecule has 0 N–H and O–H groups in total. The van der Waals surface area contributed by atoms with Gasteiger partial charge in [0, 0.05) is 37.7 Å². The molecular weight excluding hydrogens is 358 g/mol. The van der Waals surface area contributed by atoms with E-state index < -0.39 is 0 Å². The summed E-state index contributed by atoms with van der Waals surface area (Å²) in [7, 11) is 1.74. The molecular formula is C20H27N5O3. The molecule has 28 heavy (non-hydrogen) atoms. The molecule has 1 aromatic carbocycles. The molecule has 0 bridgehead atoms. The minimum absolute atomic E-state index is 0.0147. The molecule has 1 saturated heterocycles. The number of aromatic nitrogens is 3. The number of piperidine rings is 1. The summed E-state index contributed by atoms with van der Waals surface area (Å²) in [6, 6.07) is 7.17. The van der Waals surface area contributed by atoms with E-state index in [-0.39, 0.29) is 16.3 Å². The van der Waals surface area contributed by atoms with E-state index in [0.29, 0.717) is 18.5 Å². The molecule has 2 fully saturated rings. The van der Waals surface area contributed by atoms with Gasteiger partial charge in [-0.1, -0.05) is 25.0 Å². The van der Waals surface area contributed by atoms with Crippen molar-refractivity contribution in [3.63, 3.8) is 0 Å². The molecule has 0 atom stereocenters. The van der Waals surface area contributed by atoms with Gasteiger partial charge in [-0.05, 0) is 44.3 Å². The van der Waals surface area contributed by atoms with Crippen LogP contribution >= 0.6 is 0 Å². The molecule has 0 spiro atoms. The second-order valence-corrected chi connectivity index (χ2v) is 8.05. The van der Waals surface area contributed by atoms with E-state index in [1.54, 1.807) is 19.2 Å². The fourth-order valence-electron chi connectivity index (χ4n) is 4.66. The lowest BCUT2D eigenvalue weighted by atomic mass is 9.95. The smallest absolute Gasteiger partial charge is 0.299 e. The molecule has 0 radical (unpaired) electrons. The fraction of sp³-hybridized carbons (Fsp3) is 0.600. The number of nitro groups is 1. The predicted molar refractivity (Wildman–Crippen MR) is 105 cm³/mol. The highest BCUT2D eigenvalue weighted by Gasteiger charge is 2.30. The first-order chi connectivity index (χ1) is 13.5. The van der Waals surface area contributed by atoms with Crippen LogP contribution in [0, 0.1) is 10.1 Å². The summed E-state index contributed by atoms with van der Waals surface area (Å²) in [5, 5.41) is 15.6. The summed E-state index contributed by atoms with van der Waals surface area (Å²) < 4.78 is 3.46. The largest absolute Gasteiger partial charge is 0.345 e. The van der Waals surface area contributed by atoms with E-state index in [1.165, 1.54) is 23.6 Å². The van der Waals surface area contributed by atoms with Gasteiger partial charge in [0.25, 0.3) is 5.69 Å². The van der Waals surface area contributed by atoms with Crippen LogP contribution in [0.2, 0.25) is 0 Å². The summed E-state index contributed by atoms with van der Waals surface area (Å²) in [6.07, 6.45) is 6.44. The number of nitro benzene ring substituents is 1. The minimum atomic E-state index is -0.348. The van der Waals surface area contributed by atoms with Crippen LogP contribution < -0.4 is 5.69 Å². The van der Waals surface area contributed by atoms with Crippen LogP contribution in [-0.4, -0.2) is 37.3 Å². The second-order valence-electron chi connectivity index (χ2n) is 8.05. The van der Waals surface area contributed by atoms with Crippen molar-refractivity contribution in [3.8, 4) is 0 Å². The lowest BCUT2D eigenvalue weighted by molar-refractivity contribution is -0.384. The van der Waals surface area contributed by atoms with Gasteiger partial charge in [-0.15, -0.1) is 0 Å². The Morgan fingerprint density at radius 2 is 1.89 bits per heavy atom. The van der Waals surface area contributed by atoms with Crippen molar-refractivity contribution in [2.45, 2.75) is 57.0 Å². The third-order valence-electron chi connectivity index (χ3n) is 6.15. The SMILES string of the molecule is Cn1nc(C2CCN(Cc3cccc([N+](=O)[O-])c3)CC2)n(C2CCCC2)c1=O. The van der Waals surface area contributed by atoms with Gasteiger partial charge in [0.1, 0.15) is 5.82 Å². The summed E-state index contributed by atoms with van der Waals surface area (Å²) in [4.78, 5) is 25.6. The summed E-state index contributed by atoms with van der Waals surface area (Å²) in [5.74, 6) is 1.25. The maximum Gasteiger partial charge on any atom is 0.345 e. The van der Waals surface area contributed by atoms with Crippen molar-refractivity contribution in [3.05, 3.63) is 56.3 Å². The summed E-state index contributed by atoms with van der Waals surface area (Å²) in [6.45, 7) is 2.53. The number of non-ortho nitro benzene ring substituents is 1. The Balaban J connectivity index is 1.43. The third-order valence-corrected chi connectivity index (χ3v) is 6.15. The third kappa shape index (κ3) is 3.73. The highest BCUT2D eigenvalue weighted by molar-refractivity contribution is 5.34. The number of aryl methyl sites for hydroxylation is 1. The molecule has 8 heteroatoms. The topological polar surface area (TPSA) is 86.2 Å². The standard InChI is InChI=1S/C20H27N5O3/c1-22-20(26)24(17-6-2-3-7-17)19(21-22)16-9-11-23(12-10-16)14-15-5-4-8-18(13-15)25(27)28/h4-5,8,13,16-17H,2-3,6-7,9-12,14H2,1H3. The molecule has 8 nitrogen and oxygen atoms in total. The van der Waals surface area contributed by atoms with Crippen LogP contribution in [-0.2, 0) is 13.6 Å². The van der Waals surface area contributed by atoms with Gasteiger partial charge in [-0.2, -0.15) is 5.10 Å². The lowest BCUT2D eigenvalue weighted by Gasteiger charge is -2.32. The number of hydrogen-bond acceptors (Lipinski definition) is 5. The Hall–Kier alpha value is -2.48. The molecule has 0 amide bonds.